The Balaban J connectivity index is 2.34. The zero-order valence-corrected chi connectivity index (χ0v) is 30.8. The number of rotatable bonds is 33. The first-order valence-corrected chi connectivity index (χ1v) is 18.4. The number of allylic oxidation sites excluding steroid dienone is 2. The zero-order valence-electron chi connectivity index (χ0n) is 30.8. The quantitative estimate of drug-likeness (QED) is 0.0512. The van der Waals surface area contributed by atoms with Crippen LogP contribution >= 0.6 is 0 Å². The van der Waals surface area contributed by atoms with Crippen LogP contribution in [0.15, 0.2) is 24.3 Å². The number of esters is 2. The first kappa shape index (κ1) is 46.1. The van der Waals surface area contributed by atoms with Gasteiger partial charge in [0.1, 0.15) is 12.7 Å². The van der Waals surface area contributed by atoms with Gasteiger partial charge in [-0.05, 0) is 39.5 Å². The van der Waals surface area contributed by atoms with Gasteiger partial charge in [0.15, 0.2) is 0 Å². The molecule has 0 spiro atoms. The molecule has 13 heteroatoms. The third-order valence-corrected chi connectivity index (χ3v) is 7.84. The monoisotopic (exact) mass is 718 g/mol. The molecule has 0 saturated heterocycles. The molecule has 0 aliphatic heterocycles. The molecule has 1 rings (SSSR count). The molecule has 1 fully saturated rings. The SMILES string of the molecule is CCCCC[C@H](O)/C=C/[C@@H]1[C@@H](C/C=C\CCCC(=O)OC(C)C)[C@@H](OC(=O)COCCOCCOCCOCCOCCOCCO)C[C@H]1O. The standard InChI is InChI=1S/C37H66O13/c1-4-5-8-11-31(39)14-15-32-33(12-9-6-7-10-13-36(41)49-30(2)3)35(28-34(32)40)50-37(42)29-48-27-26-47-25-24-46-23-22-45-21-20-44-19-18-43-17-16-38/h6,9,14-15,30-35,38-40H,4-5,7-8,10-13,16-29H2,1-3H3/b9-6-,15-14+/t31-,32+,33+,34+,35-/m0/s1. The Bertz CT molecular complexity index is 881. The van der Waals surface area contributed by atoms with E-state index in [1.165, 1.54) is 0 Å². The Morgan fingerprint density at radius 1 is 0.780 bits per heavy atom. The number of hydrogen-bond acceptors (Lipinski definition) is 13. The summed E-state index contributed by atoms with van der Waals surface area (Å²) in [5.41, 5.74) is 0. The van der Waals surface area contributed by atoms with Gasteiger partial charge >= 0.3 is 11.9 Å². The minimum Gasteiger partial charge on any atom is -0.463 e. The molecule has 5 atom stereocenters. The van der Waals surface area contributed by atoms with E-state index in [-0.39, 0.29) is 43.7 Å². The van der Waals surface area contributed by atoms with Crippen LogP contribution in [0.25, 0.3) is 0 Å². The van der Waals surface area contributed by atoms with E-state index in [0.29, 0.717) is 105 Å². The largest absolute Gasteiger partial charge is 0.463 e. The van der Waals surface area contributed by atoms with Crippen molar-refractivity contribution >= 4 is 11.9 Å². The van der Waals surface area contributed by atoms with Gasteiger partial charge in [0, 0.05) is 24.7 Å². The van der Waals surface area contributed by atoms with Crippen molar-refractivity contribution in [2.24, 2.45) is 11.8 Å². The van der Waals surface area contributed by atoms with Crippen molar-refractivity contribution in [1.29, 1.82) is 0 Å². The van der Waals surface area contributed by atoms with Gasteiger partial charge in [-0.3, -0.25) is 4.79 Å². The molecule has 0 bridgehead atoms. The Hall–Kier alpha value is -1.94. The molecule has 0 aromatic heterocycles. The molecule has 1 saturated carbocycles. The molecule has 13 nitrogen and oxygen atoms in total. The molecule has 0 unspecified atom stereocenters. The third-order valence-electron chi connectivity index (χ3n) is 7.84. The number of unbranched alkanes of at least 4 members (excludes halogenated alkanes) is 3. The molecule has 50 heavy (non-hydrogen) atoms. The van der Waals surface area contributed by atoms with E-state index < -0.39 is 24.3 Å². The molecule has 0 aromatic carbocycles. The van der Waals surface area contributed by atoms with E-state index in [0.717, 1.165) is 19.3 Å². The van der Waals surface area contributed by atoms with Crippen molar-refractivity contribution in [3.8, 4) is 0 Å². The van der Waals surface area contributed by atoms with Crippen LogP contribution in [0.4, 0.5) is 0 Å². The second-order valence-electron chi connectivity index (χ2n) is 12.5. The maximum absolute atomic E-state index is 12.7. The normalized spacial score (nSPS) is 20.0. The predicted octanol–water partition coefficient (Wildman–Crippen LogP) is 3.55. The molecule has 1 aliphatic rings. The molecular weight excluding hydrogens is 652 g/mol. The van der Waals surface area contributed by atoms with Gasteiger partial charge in [-0.1, -0.05) is 50.5 Å². The summed E-state index contributed by atoms with van der Waals surface area (Å²) < 4.78 is 43.2. The molecule has 0 heterocycles. The van der Waals surface area contributed by atoms with Crippen LogP contribution < -0.4 is 0 Å². The van der Waals surface area contributed by atoms with Crippen LogP contribution in [0.5, 0.6) is 0 Å². The van der Waals surface area contributed by atoms with Crippen molar-refractivity contribution in [3.05, 3.63) is 24.3 Å². The molecule has 1 aliphatic carbocycles. The predicted molar refractivity (Wildman–Crippen MR) is 188 cm³/mol. The fraction of sp³-hybridized carbons (Fsp3) is 0.838. The first-order chi connectivity index (χ1) is 24.3. The number of aliphatic hydroxyl groups excluding tert-OH is 3. The number of aliphatic hydroxyl groups is 3. The van der Waals surface area contributed by atoms with E-state index >= 15 is 0 Å². The van der Waals surface area contributed by atoms with Crippen molar-refractivity contribution in [2.45, 2.75) is 103 Å². The summed E-state index contributed by atoms with van der Waals surface area (Å²) in [5, 5.41) is 29.9. The number of ether oxygens (including phenoxy) is 8. The van der Waals surface area contributed by atoms with Gasteiger partial charge in [-0.15, -0.1) is 0 Å². The number of carbonyl (C=O) groups is 2. The second kappa shape index (κ2) is 31.8. The summed E-state index contributed by atoms with van der Waals surface area (Å²) in [6.45, 7) is 9.84. The lowest BCUT2D eigenvalue weighted by Gasteiger charge is -2.23. The van der Waals surface area contributed by atoms with Crippen LogP contribution in [-0.4, -0.2) is 138 Å². The Morgan fingerprint density at radius 2 is 1.36 bits per heavy atom. The molecule has 3 N–H and O–H groups in total. The minimum atomic E-state index is -0.707. The van der Waals surface area contributed by atoms with Gasteiger partial charge in [0.25, 0.3) is 0 Å². The van der Waals surface area contributed by atoms with Gasteiger partial charge in [-0.2, -0.15) is 0 Å². The highest BCUT2D eigenvalue weighted by molar-refractivity contribution is 5.71. The lowest BCUT2D eigenvalue weighted by atomic mass is 9.89. The van der Waals surface area contributed by atoms with Crippen molar-refractivity contribution in [3.63, 3.8) is 0 Å². The van der Waals surface area contributed by atoms with E-state index in [9.17, 15) is 19.8 Å². The summed E-state index contributed by atoms with van der Waals surface area (Å²) in [5.74, 6) is -1.16. The fourth-order valence-electron chi connectivity index (χ4n) is 5.35. The van der Waals surface area contributed by atoms with Gasteiger partial charge < -0.3 is 53.2 Å². The summed E-state index contributed by atoms with van der Waals surface area (Å²) in [6.07, 6.45) is 12.1. The highest BCUT2D eigenvalue weighted by atomic mass is 16.6. The zero-order chi connectivity index (χ0) is 36.7. The van der Waals surface area contributed by atoms with Crippen LogP contribution in [0.1, 0.15) is 78.6 Å². The number of hydrogen-bond donors (Lipinski definition) is 3. The average molecular weight is 719 g/mol. The molecule has 0 radical (unpaired) electrons. The van der Waals surface area contributed by atoms with Crippen molar-refractivity contribution < 1.29 is 62.8 Å². The average Bonchev–Trinajstić information content (AvgIpc) is 3.37. The van der Waals surface area contributed by atoms with E-state index in [1.54, 1.807) is 6.08 Å². The Kier molecular flexibility index (Phi) is 29.3. The van der Waals surface area contributed by atoms with E-state index in [4.69, 9.17) is 43.0 Å². The molecular formula is C37H66O13. The Morgan fingerprint density at radius 3 is 1.92 bits per heavy atom. The molecule has 0 amide bonds. The number of carbonyl (C=O) groups excluding carboxylic acids is 2. The third kappa shape index (κ3) is 25.1. The van der Waals surface area contributed by atoms with Crippen LogP contribution in [0, 0.1) is 11.8 Å². The summed E-state index contributed by atoms with van der Waals surface area (Å²) in [6, 6.07) is 0. The smallest absolute Gasteiger partial charge is 0.332 e. The second-order valence-corrected chi connectivity index (χ2v) is 12.5. The topological polar surface area (TPSA) is 169 Å². The van der Waals surface area contributed by atoms with E-state index in [1.807, 2.05) is 32.1 Å². The molecule has 0 aromatic rings. The Labute approximate surface area is 299 Å². The summed E-state index contributed by atoms with van der Waals surface area (Å²) in [4.78, 5) is 24.4. The lowest BCUT2D eigenvalue weighted by molar-refractivity contribution is -0.157. The summed E-state index contributed by atoms with van der Waals surface area (Å²) >= 11 is 0. The fourth-order valence-corrected chi connectivity index (χ4v) is 5.35. The maximum atomic E-state index is 12.7. The lowest BCUT2D eigenvalue weighted by Crippen LogP contribution is -2.27. The summed E-state index contributed by atoms with van der Waals surface area (Å²) in [7, 11) is 0. The molecule has 292 valence electrons. The van der Waals surface area contributed by atoms with Crippen molar-refractivity contribution in [2.75, 3.05) is 85.9 Å². The van der Waals surface area contributed by atoms with Gasteiger partial charge in [-0.25, -0.2) is 4.79 Å². The van der Waals surface area contributed by atoms with Gasteiger partial charge in [0.2, 0.25) is 0 Å². The minimum absolute atomic E-state index is 0.00237. The highest BCUT2D eigenvalue weighted by Gasteiger charge is 2.42. The van der Waals surface area contributed by atoms with Crippen LogP contribution in [-0.2, 0) is 47.5 Å². The van der Waals surface area contributed by atoms with Gasteiger partial charge in [0.05, 0.1) is 97.6 Å². The highest BCUT2D eigenvalue weighted by Crippen LogP contribution is 2.38. The first-order valence-electron chi connectivity index (χ1n) is 18.4. The van der Waals surface area contributed by atoms with Crippen LogP contribution in [0.3, 0.4) is 0 Å². The van der Waals surface area contributed by atoms with E-state index in [2.05, 4.69) is 6.92 Å². The maximum Gasteiger partial charge on any atom is 0.332 e. The van der Waals surface area contributed by atoms with Crippen molar-refractivity contribution in [1.82, 2.24) is 0 Å². The van der Waals surface area contributed by atoms with Crippen LogP contribution in [0.2, 0.25) is 0 Å².